The predicted octanol–water partition coefficient (Wildman–Crippen LogP) is 13.4. The van der Waals surface area contributed by atoms with Crippen molar-refractivity contribution in [2.24, 2.45) is 0 Å². The van der Waals surface area contributed by atoms with Gasteiger partial charge in [0.15, 0.2) is 5.82 Å². The van der Waals surface area contributed by atoms with E-state index in [4.69, 9.17) is 9.97 Å². The Bertz CT molecular complexity index is 2870. The van der Waals surface area contributed by atoms with Gasteiger partial charge in [-0.15, -0.1) is 0 Å². The van der Waals surface area contributed by atoms with E-state index in [1.54, 1.807) is 0 Å². The molecule has 0 saturated heterocycles. The Kier molecular flexibility index (Phi) is 7.19. The van der Waals surface area contributed by atoms with E-state index in [0.717, 1.165) is 39.2 Å². The second-order valence-electron chi connectivity index (χ2n) is 14.6. The standard InChI is InChI=1S/C51H36N2/c1-51(2)45-25-13-24-42(49(45)44-30-36-18-8-9-19-37(36)31-46(44)51)38-20-12-21-40(29-38)47-32-48(53-50(52-47)34-15-4-3-5-16-34)43-23-11-10-22-41(43)39-27-26-33-14-6-7-17-35(33)28-39/h3-32H,1-2H3. The molecule has 0 bridgehead atoms. The molecule has 1 aliphatic rings. The van der Waals surface area contributed by atoms with Gasteiger partial charge in [-0.3, -0.25) is 0 Å². The van der Waals surface area contributed by atoms with Crippen molar-refractivity contribution in [1.82, 2.24) is 9.97 Å². The summed E-state index contributed by atoms with van der Waals surface area (Å²) in [6.45, 7) is 4.71. The lowest BCUT2D eigenvalue weighted by molar-refractivity contribution is 0.661. The summed E-state index contributed by atoms with van der Waals surface area (Å²) in [6.07, 6.45) is 0. The first kappa shape index (κ1) is 31.1. The zero-order valence-electron chi connectivity index (χ0n) is 29.7. The molecule has 0 fully saturated rings. The van der Waals surface area contributed by atoms with E-state index in [0.29, 0.717) is 5.82 Å². The van der Waals surface area contributed by atoms with Crippen molar-refractivity contribution in [3.05, 3.63) is 193 Å². The van der Waals surface area contributed by atoms with Crippen molar-refractivity contribution < 1.29 is 0 Å². The highest BCUT2D eigenvalue weighted by molar-refractivity contribution is 5.99. The lowest BCUT2D eigenvalue weighted by Crippen LogP contribution is -2.14. The highest BCUT2D eigenvalue weighted by Crippen LogP contribution is 2.53. The number of nitrogens with zero attached hydrogens (tertiary/aromatic N) is 2. The quantitative estimate of drug-likeness (QED) is 0.181. The highest BCUT2D eigenvalue weighted by atomic mass is 14.9. The molecule has 0 spiro atoms. The molecule has 0 aliphatic heterocycles. The Hall–Kier alpha value is -6.64. The topological polar surface area (TPSA) is 25.8 Å². The van der Waals surface area contributed by atoms with Crippen molar-refractivity contribution in [2.45, 2.75) is 19.3 Å². The molecule has 1 heterocycles. The van der Waals surface area contributed by atoms with Crippen LogP contribution < -0.4 is 0 Å². The summed E-state index contributed by atoms with van der Waals surface area (Å²) in [7, 11) is 0. The Morgan fingerprint density at radius 3 is 1.74 bits per heavy atom. The first-order valence-electron chi connectivity index (χ1n) is 18.3. The molecule has 0 amide bonds. The second-order valence-corrected chi connectivity index (χ2v) is 14.6. The van der Waals surface area contributed by atoms with E-state index >= 15 is 0 Å². The summed E-state index contributed by atoms with van der Waals surface area (Å²) in [5.41, 5.74) is 14.9. The van der Waals surface area contributed by atoms with Gasteiger partial charge in [0.2, 0.25) is 0 Å². The van der Waals surface area contributed by atoms with Crippen molar-refractivity contribution in [3.63, 3.8) is 0 Å². The van der Waals surface area contributed by atoms with Crippen molar-refractivity contribution in [1.29, 1.82) is 0 Å². The van der Waals surface area contributed by atoms with Crippen LogP contribution in [0.25, 0.3) is 88.8 Å². The largest absolute Gasteiger partial charge is 0.228 e. The molecule has 0 unspecified atom stereocenters. The number of hydrogen-bond acceptors (Lipinski definition) is 2. The minimum Gasteiger partial charge on any atom is -0.228 e. The first-order valence-corrected chi connectivity index (χ1v) is 18.3. The second kappa shape index (κ2) is 12.3. The summed E-state index contributed by atoms with van der Waals surface area (Å²) in [4.78, 5) is 10.5. The smallest absolute Gasteiger partial charge is 0.160 e. The van der Waals surface area contributed by atoms with E-state index in [1.165, 1.54) is 54.9 Å². The molecule has 0 saturated carbocycles. The Labute approximate surface area is 310 Å². The van der Waals surface area contributed by atoms with Crippen LogP contribution in [0.15, 0.2) is 182 Å². The predicted molar refractivity (Wildman–Crippen MR) is 222 cm³/mol. The third-order valence-corrected chi connectivity index (χ3v) is 11.1. The van der Waals surface area contributed by atoms with Gasteiger partial charge < -0.3 is 0 Å². The van der Waals surface area contributed by atoms with Crippen LogP contribution in [0.2, 0.25) is 0 Å². The molecule has 53 heavy (non-hydrogen) atoms. The number of rotatable bonds is 5. The fourth-order valence-electron chi connectivity index (χ4n) is 8.32. The minimum absolute atomic E-state index is 0.104. The van der Waals surface area contributed by atoms with Gasteiger partial charge in [0.05, 0.1) is 11.4 Å². The average molecular weight is 677 g/mol. The third kappa shape index (κ3) is 5.26. The molecule has 250 valence electrons. The molecule has 0 atom stereocenters. The van der Waals surface area contributed by atoms with Gasteiger partial charge in [-0.2, -0.15) is 0 Å². The Morgan fingerprint density at radius 2 is 0.925 bits per heavy atom. The Balaban J connectivity index is 1.14. The van der Waals surface area contributed by atoms with Crippen LogP contribution in [0.1, 0.15) is 25.0 Å². The molecule has 1 aliphatic carbocycles. The van der Waals surface area contributed by atoms with Crippen molar-refractivity contribution >= 4 is 21.5 Å². The van der Waals surface area contributed by atoms with Crippen LogP contribution in [0.3, 0.4) is 0 Å². The van der Waals surface area contributed by atoms with Gasteiger partial charge >= 0.3 is 0 Å². The normalized spacial score (nSPS) is 12.9. The molecule has 2 heteroatoms. The lowest BCUT2D eigenvalue weighted by Gasteiger charge is -2.22. The van der Waals surface area contributed by atoms with Gasteiger partial charge in [-0.1, -0.05) is 166 Å². The summed E-state index contributed by atoms with van der Waals surface area (Å²) >= 11 is 0. The van der Waals surface area contributed by atoms with E-state index in [2.05, 4.69) is 178 Å². The minimum atomic E-state index is -0.104. The maximum atomic E-state index is 5.23. The van der Waals surface area contributed by atoms with Crippen LogP contribution in [-0.2, 0) is 5.41 Å². The van der Waals surface area contributed by atoms with Crippen molar-refractivity contribution in [3.8, 4) is 67.3 Å². The molecule has 2 nitrogen and oxygen atoms in total. The third-order valence-electron chi connectivity index (χ3n) is 11.1. The zero-order chi connectivity index (χ0) is 35.5. The van der Waals surface area contributed by atoms with Gasteiger partial charge in [0.1, 0.15) is 0 Å². The number of fused-ring (bicyclic) bond motifs is 5. The summed E-state index contributed by atoms with van der Waals surface area (Å²) in [6, 6.07) is 65.4. The number of aromatic nitrogens is 2. The monoisotopic (exact) mass is 676 g/mol. The molecule has 0 N–H and O–H groups in total. The summed E-state index contributed by atoms with van der Waals surface area (Å²) in [5, 5.41) is 5.00. The van der Waals surface area contributed by atoms with Crippen molar-refractivity contribution in [2.75, 3.05) is 0 Å². The molecule has 10 rings (SSSR count). The van der Waals surface area contributed by atoms with E-state index in [-0.39, 0.29) is 5.41 Å². The fraction of sp³-hybridized carbons (Fsp3) is 0.0588. The molecule has 0 radical (unpaired) electrons. The van der Waals surface area contributed by atoms with Gasteiger partial charge in [0.25, 0.3) is 0 Å². The van der Waals surface area contributed by atoms with E-state index < -0.39 is 0 Å². The lowest BCUT2D eigenvalue weighted by atomic mass is 9.81. The molecular weight excluding hydrogens is 641 g/mol. The van der Waals surface area contributed by atoms with E-state index in [9.17, 15) is 0 Å². The number of hydrogen-bond donors (Lipinski definition) is 0. The summed E-state index contributed by atoms with van der Waals surface area (Å²) in [5.74, 6) is 0.708. The van der Waals surface area contributed by atoms with Gasteiger partial charge in [-0.05, 0) is 96.4 Å². The van der Waals surface area contributed by atoms with Crippen LogP contribution in [-0.4, -0.2) is 9.97 Å². The summed E-state index contributed by atoms with van der Waals surface area (Å²) < 4.78 is 0. The number of benzene rings is 8. The van der Waals surface area contributed by atoms with Crippen LogP contribution in [0.4, 0.5) is 0 Å². The molecule has 8 aromatic carbocycles. The maximum absolute atomic E-state index is 5.23. The van der Waals surface area contributed by atoms with Gasteiger partial charge in [0, 0.05) is 22.1 Å². The fourth-order valence-corrected chi connectivity index (χ4v) is 8.32. The average Bonchev–Trinajstić information content (AvgIpc) is 3.45. The maximum Gasteiger partial charge on any atom is 0.160 e. The van der Waals surface area contributed by atoms with Crippen LogP contribution in [0.5, 0.6) is 0 Å². The molecule has 1 aromatic heterocycles. The zero-order valence-corrected chi connectivity index (χ0v) is 29.7. The Morgan fingerprint density at radius 1 is 0.340 bits per heavy atom. The molecular formula is C51H36N2. The first-order chi connectivity index (χ1) is 26.0. The van der Waals surface area contributed by atoms with E-state index in [1.807, 2.05) is 18.2 Å². The SMILES string of the molecule is CC1(C)c2cc3ccccc3cc2-c2c(-c3cccc(-c4cc(-c5ccccc5-c5ccc6ccccc6c5)nc(-c5ccccc5)n4)c3)cccc21. The van der Waals surface area contributed by atoms with Crippen LogP contribution in [0, 0.1) is 0 Å². The highest BCUT2D eigenvalue weighted by Gasteiger charge is 2.37. The molecule has 9 aromatic rings. The van der Waals surface area contributed by atoms with Gasteiger partial charge in [-0.25, -0.2) is 9.97 Å². The van der Waals surface area contributed by atoms with Crippen LogP contribution >= 0.6 is 0 Å².